The van der Waals surface area contributed by atoms with Gasteiger partial charge in [0.05, 0.1) is 18.6 Å². The number of hydrogen-bond donors (Lipinski definition) is 2. The van der Waals surface area contributed by atoms with Crippen LogP contribution in [0.3, 0.4) is 0 Å². The maximum atomic E-state index is 14.3. The predicted molar refractivity (Wildman–Crippen MR) is 147 cm³/mol. The Morgan fingerprint density at radius 2 is 1.60 bits per heavy atom. The average molecular weight is 628 g/mol. The van der Waals surface area contributed by atoms with Crippen LogP contribution in [0.15, 0.2) is 65.3 Å². The van der Waals surface area contributed by atoms with Crippen LogP contribution >= 0.6 is 0 Å². The van der Waals surface area contributed by atoms with E-state index in [-0.39, 0.29) is 24.2 Å². The van der Waals surface area contributed by atoms with Gasteiger partial charge in [-0.2, -0.15) is 8.78 Å². The molecule has 3 unspecified atom stereocenters. The second kappa shape index (κ2) is 12.4. The van der Waals surface area contributed by atoms with E-state index in [4.69, 9.17) is 4.42 Å². The summed E-state index contributed by atoms with van der Waals surface area (Å²) in [6.45, 7) is 0.0403. The van der Waals surface area contributed by atoms with E-state index < -0.39 is 71.3 Å². The van der Waals surface area contributed by atoms with Crippen LogP contribution in [-0.4, -0.2) is 45.1 Å². The number of nitrogens with one attached hydrogen (secondary N) is 1. The fourth-order valence-electron chi connectivity index (χ4n) is 5.49. The molecule has 8 nitrogen and oxygen atoms in total. The summed E-state index contributed by atoms with van der Waals surface area (Å²) in [5.41, 5.74) is 2.39. The number of ether oxygens (including phenoxy) is 1. The fraction of sp³-hybridized carbons (Fsp3) is 0.281. The van der Waals surface area contributed by atoms with Gasteiger partial charge in [-0.1, -0.05) is 54.6 Å². The van der Waals surface area contributed by atoms with E-state index >= 15 is 0 Å². The second-order valence-corrected chi connectivity index (χ2v) is 10.9. The molecule has 3 aromatic carbocycles. The maximum Gasteiger partial charge on any atom is 0.329 e. The molecule has 0 radical (unpaired) electrons. The Labute approximate surface area is 253 Å². The van der Waals surface area contributed by atoms with E-state index in [1.54, 1.807) is 35.2 Å². The number of nitrogens with zero attached hydrogens (tertiary/aromatic N) is 2. The van der Waals surface area contributed by atoms with Crippen LogP contribution in [0.1, 0.15) is 52.0 Å². The van der Waals surface area contributed by atoms with Crippen molar-refractivity contribution in [3.63, 3.8) is 0 Å². The zero-order valence-electron chi connectivity index (χ0n) is 23.5. The van der Waals surface area contributed by atoms with Gasteiger partial charge in [-0.15, -0.1) is 0 Å². The Morgan fingerprint density at radius 3 is 2.29 bits per heavy atom. The molecule has 2 aliphatic rings. The zero-order valence-corrected chi connectivity index (χ0v) is 23.5. The molecular formula is C32H26F5N3O5. The number of esters is 1. The minimum atomic E-state index is -2.39. The molecule has 0 spiro atoms. The normalized spacial score (nSPS) is 18.0. The van der Waals surface area contributed by atoms with E-state index in [9.17, 15) is 36.6 Å². The third-order valence-corrected chi connectivity index (χ3v) is 7.84. The monoisotopic (exact) mass is 627 g/mol. The molecule has 3 atom stereocenters. The van der Waals surface area contributed by atoms with Crippen LogP contribution in [0, 0.1) is 29.1 Å². The van der Waals surface area contributed by atoms with Gasteiger partial charge in [0, 0.05) is 19.0 Å². The zero-order chi connectivity index (χ0) is 31.8. The van der Waals surface area contributed by atoms with Gasteiger partial charge < -0.3 is 19.2 Å². The number of aromatic nitrogens is 1. The van der Waals surface area contributed by atoms with E-state index in [2.05, 4.69) is 15.0 Å². The third kappa shape index (κ3) is 6.05. The Balaban J connectivity index is 1.24. The lowest BCUT2D eigenvalue weighted by Crippen LogP contribution is -2.41. The Hall–Kier alpha value is -4.62. The summed E-state index contributed by atoms with van der Waals surface area (Å²) in [6.07, 6.45) is 1.76. The highest BCUT2D eigenvalue weighted by Crippen LogP contribution is 2.42. The van der Waals surface area contributed by atoms with Crippen LogP contribution in [0.5, 0.6) is 5.75 Å². The molecule has 45 heavy (non-hydrogen) atoms. The minimum absolute atomic E-state index is 0.0403. The van der Waals surface area contributed by atoms with E-state index in [1.165, 1.54) is 0 Å². The van der Waals surface area contributed by atoms with Gasteiger partial charge in [0.25, 0.3) is 5.91 Å². The van der Waals surface area contributed by atoms with Gasteiger partial charge in [0.1, 0.15) is 12.3 Å². The number of carbonyl (C=O) groups excluding carboxylic acids is 2. The number of hydrogen-bond acceptors (Lipinski definition) is 7. The smallest absolute Gasteiger partial charge is 0.329 e. The number of aliphatic hydroxyl groups is 1. The molecule has 1 fully saturated rings. The van der Waals surface area contributed by atoms with Gasteiger partial charge in [-0.25, -0.2) is 22.9 Å². The van der Waals surface area contributed by atoms with Crippen molar-refractivity contribution in [1.82, 2.24) is 15.2 Å². The highest BCUT2D eigenvalue weighted by atomic mass is 19.2. The third-order valence-electron chi connectivity index (χ3n) is 7.84. The Bertz CT molecular complexity index is 1720. The largest absolute Gasteiger partial charge is 0.448 e. The molecule has 1 heterocycles. The maximum absolute atomic E-state index is 14.3. The first-order valence-electron chi connectivity index (χ1n) is 14.2. The molecule has 1 amide bonds. The van der Waals surface area contributed by atoms with Crippen molar-refractivity contribution in [2.75, 3.05) is 0 Å². The lowest BCUT2D eigenvalue weighted by atomic mass is 10.1. The van der Waals surface area contributed by atoms with Crippen molar-refractivity contribution in [1.29, 1.82) is 0 Å². The molecule has 13 heteroatoms. The first-order valence-corrected chi connectivity index (χ1v) is 14.2. The first-order chi connectivity index (χ1) is 21.6. The summed E-state index contributed by atoms with van der Waals surface area (Å²) < 4.78 is 79.8. The van der Waals surface area contributed by atoms with Crippen molar-refractivity contribution >= 4 is 11.9 Å². The summed E-state index contributed by atoms with van der Waals surface area (Å²) in [7, 11) is 0. The van der Waals surface area contributed by atoms with Crippen LogP contribution in [0.4, 0.5) is 22.0 Å². The van der Waals surface area contributed by atoms with Gasteiger partial charge >= 0.3 is 5.97 Å². The van der Waals surface area contributed by atoms with E-state index in [1.807, 2.05) is 24.3 Å². The molecule has 2 aliphatic carbocycles. The first kappa shape index (κ1) is 30.4. The number of aliphatic hydroxyl groups excluding tert-OH is 1. The van der Waals surface area contributed by atoms with Crippen LogP contribution in [-0.2, 0) is 24.2 Å². The lowest BCUT2D eigenvalue weighted by molar-refractivity contribution is -0.137. The van der Waals surface area contributed by atoms with Gasteiger partial charge in [-0.3, -0.25) is 10.1 Å². The number of amides is 1. The number of halogens is 5. The highest BCUT2D eigenvalue weighted by Gasteiger charge is 2.45. The molecule has 1 aromatic heterocycles. The Morgan fingerprint density at radius 1 is 0.956 bits per heavy atom. The average Bonchev–Trinajstić information content (AvgIpc) is 3.68. The molecule has 234 valence electrons. The van der Waals surface area contributed by atoms with Crippen LogP contribution < -0.4 is 10.1 Å². The summed E-state index contributed by atoms with van der Waals surface area (Å²) in [6, 6.07) is 14.0. The minimum Gasteiger partial charge on any atom is -0.448 e. The fourth-order valence-corrected chi connectivity index (χ4v) is 5.49. The topological polar surface area (TPSA) is 105 Å². The van der Waals surface area contributed by atoms with E-state index in [0.717, 1.165) is 30.2 Å². The van der Waals surface area contributed by atoms with Crippen molar-refractivity contribution in [3.8, 4) is 5.75 Å². The summed E-state index contributed by atoms with van der Waals surface area (Å²) in [5, 5.41) is 13.7. The summed E-state index contributed by atoms with van der Waals surface area (Å²) in [4.78, 5) is 32.7. The SMILES string of the molecule is O=C(Oc1c(F)c(F)c(F)c(F)c1F)C(Cc1nc(C(=O)N(C2CC2)C2c3ccccc3CC2O)co1)NCc1ccccc1. The summed E-state index contributed by atoms with van der Waals surface area (Å²) >= 11 is 0. The molecular weight excluding hydrogens is 601 g/mol. The highest BCUT2D eigenvalue weighted by molar-refractivity contribution is 5.93. The van der Waals surface area contributed by atoms with Crippen molar-refractivity contribution in [3.05, 3.63) is 118 Å². The van der Waals surface area contributed by atoms with Crippen molar-refractivity contribution in [2.24, 2.45) is 0 Å². The second-order valence-electron chi connectivity index (χ2n) is 10.9. The van der Waals surface area contributed by atoms with Gasteiger partial charge in [-0.05, 0) is 29.5 Å². The van der Waals surface area contributed by atoms with Crippen molar-refractivity contribution in [2.45, 2.75) is 56.5 Å². The predicted octanol–water partition coefficient (Wildman–Crippen LogP) is 4.94. The number of oxazole rings is 1. The van der Waals surface area contributed by atoms with Gasteiger partial charge in [0.15, 0.2) is 11.6 Å². The lowest BCUT2D eigenvalue weighted by Gasteiger charge is -2.31. The van der Waals surface area contributed by atoms with Crippen LogP contribution in [0.2, 0.25) is 0 Å². The molecule has 0 saturated heterocycles. The Kier molecular flexibility index (Phi) is 8.38. The summed E-state index contributed by atoms with van der Waals surface area (Å²) in [5.74, 6) is -15.3. The molecule has 6 rings (SSSR count). The van der Waals surface area contributed by atoms with Crippen molar-refractivity contribution < 1.29 is 45.8 Å². The molecule has 0 bridgehead atoms. The van der Waals surface area contributed by atoms with Gasteiger partial charge in [0.2, 0.25) is 34.8 Å². The molecule has 1 saturated carbocycles. The molecule has 0 aliphatic heterocycles. The quantitative estimate of drug-likeness (QED) is 0.0844. The molecule has 4 aromatic rings. The number of fused-ring (bicyclic) bond motifs is 1. The van der Waals surface area contributed by atoms with Crippen LogP contribution in [0.25, 0.3) is 0 Å². The number of rotatable bonds is 10. The number of carbonyl (C=O) groups is 2. The molecule has 2 N–H and O–H groups in total. The number of benzene rings is 3. The standard InChI is InChI=1S/C32H26F5N3O5/c33-24-25(34)27(36)30(28(37)26(24)35)45-32(43)20(38-14-16-6-2-1-3-7-16)13-23-39-21(15-44-23)31(42)40(18-10-11-18)29-19-9-5-4-8-17(19)12-22(29)41/h1-9,15,18,20,22,29,38,41H,10-14H2. The van der Waals surface area contributed by atoms with E-state index in [0.29, 0.717) is 12.0 Å².